The van der Waals surface area contributed by atoms with Gasteiger partial charge in [-0.25, -0.2) is 48.0 Å². The van der Waals surface area contributed by atoms with Crippen LogP contribution in [0.4, 0.5) is 34.6 Å². The van der Waals surface area contributed by atoms with Crippen LogP contribution in [0.2, 0.25) is 0 Å². The van der Waals surface area contributed by atoms with E-state index in [1.165, 1.54) is 98.7 Å². The van der Waals surface area contributed by atoms with Crippen molar-refractivity contribution in [3.05, 3.63) is 239 Å². The minimum atomic E-state index is -0.123. The van der Waals surface area contributed by atoms with Crippen LogP contribution in [0.3, 0.4) is 0 Å². The molecule has 0 aliphatic heterocycles. The molecule has 9 heterocycles. The van der Waals surface area contributed by atoms with Gasteiger partial charge in [-0.2, -0.15) is 9.97 Å². The van der Waals surface area contributed by atoms with Crippen LogP contribution < -0.4 is 142 Å². The number of fused-ring (bicyclic) bond motifs is 7. The summed E-state index contributed by atoms with van der Waals surface area (Å²) in [4.78, 5) is 90.1. The van der Waals surface area contributed by atoms with E-state index in [0.29, 0.717) is 74.3 Å². The molecule has 13 aromatic rings. The predicted molar refractivity (Wildman–Crippen MR) is 578 cm³/mol. The monoisotopic (exact) mass is 2260 g/mol. The van der Waals surface area contributed by atoms with Crippen LogP contribution in [0.15, 0.2) is 166 Å². The Morgan fingerprint density at radius 1 is 0.403 bits per heavy atom. The number of nitrogen functional groups attached to an aromatic ring is 2. The first-order valence-electron chi connectivity index (χ1n) is 45.3. The number of nitrogens with two attached hydrogens (primary N) is 2. The van der Waals surface area contributed by atoms with E-state index in [1.54, 1.807) is 51.2 Å². The third kappa shape index (κ3) is 28.1. The zero-order valence-corrected chi connectivity index (χ0v) is 98.7. The summed E-state index contributed by atoms with van der Waals surface area (Å²) in [6.07, 6.45) is 26.0. The van der Waals surface area contributed by atoms with Gasteiger partial charge >= 0.3 is 103 Å². The van der Waals surface area contributed by atoms with Gasteiger partial charge in [0.05, 0.1) is 17.1 Å². The summed E-state index contributed by atoms with van der Waals surface area (Å²) < 4.78 is 12.3. The fourth-order valence-corrected chi connectivity index (χ4v) is 17.7. The van der Waals surface area contributed by atoms with Gasteiger partial charge in [0, 0.05) is 136 Å². The molecule has 0 saturated heterocycles. The Morgan fingerprint density at radius 3 is 1.02 bits per heavy atom. The molecule has 0 amide bonds. The van der Waals surface area contributed by atoms with Crippen molar-refractivity contribution >= 4 is 156 Å². The summed E-state index contributed by atoms with van der Waals surface area (Å²) in [5.74, 6) is 0.932. The van der Waals surface area contributed by atoms with Crippen molar-refractivity contribution in [2.45, 2.75) is 245 Å². The van der Waals surface area contributed by atoms with Crippen molar-refractivity contribution in [2.24, 2.45) is 0 Å². The maximum absolute atomic E-state index is 13.4. The van der Waals surface area contributed by atoms with Gasteiger partial charge in [0.15, 0.2) is 22.1 Å². The third-order valence-corrected chi connectivity index (χ3v) is 25.4. The van der Waals surface area contributed by atoms with Crippen molar-refractivity contribution in [3.8, 4) is 17.1 Å². The fraction of sp³-hybridized carbons (Fsp3) is 0.460. The number of aryl methyl sites for hydroxylation is 4. The molecule has 0 fully saturated rings. The molecule has 0 saturated carbocycles. The maximum Gasteiger partial charge on any atom is 1.00 e. The van der Waals surface area contributed by atoms with Gasteiger partial charge in [-0.15, -0.1) is 0 Å². The number of rotatable bonds is 15. The minimum Gasteiger partial charge on any atom is -0.483 e. The molecule has 706 valence electrons. The molecular weight excluding hydrogens is 2120 g/mol. The van der Waals surface area contributed by atoms with E-state index in [-0.39, 0.29) is 154 Å². The SMILES string of the molecule is CC(C)n1c(=O)c2cnc(Nc3ccc4c(c3)CC(N(C)C)CC4)nc2n1-c1ccnc(C(C)(C)C)c1.CC(C)n1c(=O)c2cnc(Nc3ccc4c(c3)CCC(N(C)C)C4)nc2n1-c1ccnc(C(C)(C)C)c1.CN(C)C1CCc2cc(N)ccc2C1.CN(C)C1CCc2ccc(N)cc2C1.CSc1ncc2c(=O)n(C(C)C)n(-c3ccnc(C(C)(C)C)c3)c2n1.I[P-]I.[K+].[K+].[PH-]I. The summed E-state index contributed by atoms with van der Waals surface area (Å²) >= 11 is 7.91. The topological polar surface area (TPSA) is 286 Å². The molecule has 134 heavy (non-hydrogen) atoms. The number of nitrogens with one attached hydrogen (secondary N) is 2. The van der Waals surface area contributed by atoms with Crippen LogP contribution in [0, 0.1) is 0 Å². The standard InChI is InChI=1S/2C29H37N7O.C18H23N5OS.2C12H18N2.I2P.HIP.2K/c1-18(2)35-27(37)24-17-31-28(32-21-10-8-20-15-22(34(6)7)11-9-19(20)14-21)33-26(24)36(35)23-12-13-30-25(16-23)29(3,4)5;1-18(2)35-27(37)24-17-31-28(32-21-10-8-19-9-11-22(34(6)7)15-20(19)14-21)33-26(24)36(35)23-12-13-30-25(16-23)29(3,4)5;1-11(2)22-16(24)13-10-20-17(25-6)21-15(13)23(22)12-7-8-19-14(9-12)18(3,4)5;1-14(2)12-6-4-9-7-11(13)5-3-10(9)8-12;1-14(2)12-6-4-9-3-5-11(13)7-10(9)8-12;1-3-2;1-2;;/h2*8,10,12-14,16-18,22H,9,11,15H2,1-7H3,(H,31,32,33);7-11H,1-6H3;2*3,5,7,12H,4,6,8,13H2,1-2H3;;2H;;/q;;;;;2*-1;2*+1. The van der Waals surface area contributed by atoms with E-state index in [9.17, 15) is 14.4 Å². The summed E-state index contributed by atoms with van der Waals surface area (Å²) in [5, 5.41) is 8.93. The van der Waals surface area contributed by atoms with Crippen molar-refractivity contribution in [2.75, 3.05) is 84.7 Å². The molecule has 4 aliphatic rings. The van der Waals surface area contributed by atoms with Gasteiger partial charge in [-0.05, 0) is 311 Å². The summed E-state index contributed by atoms with van der Waals surface area (Å²) in [7, 11) is 17.2. The van der Waals surface area contributed by atoms with Gasteiger partial charge in [0.2, 0.25) is 11.9 Å². The molecule has 17 rings (SSSR count). The molecule has 0 bridgehead atoms. The molecule has 0 radical (unpaired) electrons. The van der Waals surface area contributed by atoms with Gasteiger partial charge in [-0.1, -0.05) is 98.3 Å². The van der Waals surface area contributed by atoms with Crippen molar-refractivity contribution < 1.29 is 103 Å². The van der Waals surface area contributed by atoms with E-state index >= 15 is 0 Å². The maximum atomic E-state index is 13.4. The van der Waals surface area contributed by atoms with Crippen LogP contribution in [0.1, 0.15) is 209 Å². The normalized spacial score (nSPS) is 15.7. The van der Waals surface area contributed by atoms with E-state index < -0.39 is 0 Å². The number of pyridine rings is 3. The van der Waals surface area contributed by atoms with Crippen LogP contribution in [0.5, 0.6) is 0 Å². The Bertz CT molecular complexity index is 6350. The predicted octanol–water partition coefficient (Wildman–Crippen LogP) is 15.1. The number of halogens is 3. The average Bonchev–Trinajstić information content (AvgIpc) is 1.60. The number of hydrogen-bond donors (Lipinski definition) is 4. The molecule has 0 spiro atoms. The minimum absolute atomic E-state index is 0. The van der Waals surface area contributed by atoms with E-state index in [2.05, 4.69) is 295 Å². The third-order valence-electron chi connectivity index (χ3n) is 24.9. The van der Waals surface area contributed by atoms with Crippen LogP contribution in [0.25, 0.3) is 50.2 Å². The number of anilines is 6. The summed E-state index contributed by atoms with van der Waals surface area (Å²) in [6.45, 7) is 34.1. The van der Waals surface area contributed by atoms with E-state index in [0.717, 1.165) is 95.4 Å². The number of benzene rings is 4. The Labute approximate surface area is 925 Å². The first kappa shape index (κ1) is 113. The van der Waals surface area contributed by atoms with Gasteiger partial charge in [0.25, 0.3) is 16.7 Å². The molecule has 6 N–H and O–H groups in total. The second-order valence-electron chi connectivity index (χ2n) is 39.3. The smallest absolute Gasteiger partial charge is 0.483 e. The van der Waals surface area contributed by atoms with Crippen molar-refractivity contribution in [1.29, 1.82) is 0 Å². The Hall–Kier alpha value is -4.91. The Balaban J connectivity index is 0.000000194. The number of aromatic nitrogens is 15. The van der Waals surface area contributed by atoms with E-state index in [4.69, 9.17) is 21.4 Å². The molecule has 4 atom stereocenters. The summed E-state index contributed by atoms with van der Waals surface area (Å²) in [6, 6.07) is 39.9. The first-order valence-corrected chi connectivity index (χ1v) is 56.6. The van der Waals surface area contributed by atoms with E-state index in [1.807, 2.05) is 132 Å². The van der Waals surface area contributed by atoms with Crippen LogP contribution in [-0.4, -0.2) is 179 Å². The Morgan fingerprint density at radius 2 is 0.687 bits per heavy atom. The summed E-state index contributed by atoms with van der Waals surface area (Å²) in [5.41, 5.74) is 33.3. The molecule has 4 unspecified atom stereocenters. The van der Waals surface area contributed by atoms with Gasteiger partial charge in [0.1, 0.15) is 16.2 Å². The molecule has 34 heteroatoms. The molecule has 4 aliphatic carbocycles. The second kappa shape index (κ2) is 50.2. The van der Waals surface area contributed by atoms with Gasteiger partial charge in [-0.3, -0.25) is 29.3 Å². The first-order chi connectivity index (χ1) is 62.5. The zero-order valence-electron chi connectivity index (χ0n) is 83.2. The average molecular weight is 2260 g/mol. The van der Waals surface area contributed by atoms with Crippen LogP contribution in [-0.2, 0) is 67.6 Å². The number of likely N-dealkylation sites (N-methyl/N-ethyl adjacent to an activating group) is 4. The fourth-order valence-electron chi connectivity index (χ4n) is 17.4. The van der Waals surface area contributed by atoms with Crippen molar-refractivity contribution in [3.63, 3.8) is 0 Å². The second-order valence-corrected chi connectivity index (χ2v) is 48.7. The quantitative estimate of drug-likeness (QED) is 0.0185. The molecular formula is C100H134I3K2N23O3P2S. The number of thioether (sulfide) groups is 1. The zero-order chi connectivity index (χ0) is 96.3. The largest absolute Gasteiger partial charge is 1.00 e. The molecule has 4 aromatic carbocycles. The molecule has 9 aromatic heterocycles. The molecule has 26 nitrogen and oxygen atoms in total. The Kier molecular flexibility index (Phi) is 42.2. The van der Waals surface area contributed by atoms with Crippen LogP contribution >= 0.6 is 88.6 Å². The number of nitrogens with zero attached hydrogens (tertiary/aromatic N) is 19. The number of hydrogen-bond acceptors (Lipinski definition) is 21. The van der Waals surface area contributed by atoms with Crippen molar-refractivity contribution in [1.82, 2.24) is 92.5 Å². The van der Waals surface area contributed by atoms with Gasteiger partial charge < -0.3 is 119 Å².